The number of nitrogens with zero attached hydrogens (tertiary/aromatic N) is 1. The van der Waals surface area contributed by atoms with Crippen LogP contribution >= 0.6 is 0 Å². The largest absolute Gasteiger partial charge is 0.508 e. The topological polar surface area (TPSA) is 75.5 Å². The number of phenolic OH excluding ortho intramolecular Hbond substituents is 1. The van der Waals surface area contributed by atoms with Gasteiger partial charge in [-0.15, -0.1) is 0 Å². The standard InChI is InChI=1S/C21H25N3O4/c25-17-7-5-16(6-8-17)24-11-9-23(10-12-24)14-21(26)22-13-18-15-27-19-3-1-2-4-20(19)28-18/h1-8,18,25H,9-15H2,(H,22,26)/p+1/t18-/m1/s1. The van der Waals surface area contributed by atoms with E-state index in [0.29, 0.717) is 19.7 Å². The third kappa shape index (κ3) is 4.48. The number of piperazine rings is 1. The fraction of sp³-hybridized carbons (Fsp3) is 0.381. The van der Waals surface area contributed by atoms with Crippen LogP contribution in [0.2, 0.25) is 0 Å². The first-order chi connectivity index (χ1) is 13.7. The van der Waals surface area contributed by atoms with Gasteiger partial charge in [0.15, 0.2) is 18.0 Å². The number of benzene rings is 2. The van der Waals surface area contributed by atoms with Gasteiger partial charge in [-0.25, -0.2) is 0 Å². The van der Waals surface area contributed by atoms with E-state index in [1.165, 1.54) is 4.90 Å². The number of phenols is 1. The third-order valence-corrected chi connectivity index (χ3v) is 5.19. The summed E-state index contributed by atoms with van der Waals surface area (Å²) in [6.07, 6.45) is -0.166. The molecule has 28 heavy (non-hydrogen) atoms. The fourth-order valence-corrected chi connectivity index (χ4v) is 3.60. The lowest BCUT2D eigenvalue weighted by atomic mass is 10.2. The molecule has 7 heteroatoms. The highest BCUT2D eigenvalue weighted by Gasteiger charge is 2.24. The molecule has 0 aromatic heterocycles. The highest BCUT2D eigenvalue weighted by Crippen LogP contribution is 2.30. The summed E-state index contributed by atoms with van der Waals surface area (Å²) >= 11 is 0. The van der Waals surface area contributed by atoms with Gasteiger partial charge in [0.1, 0.15) is 18.5 Å². The highest BCUT2D eigenvalue weighted by atomic mass is 16.6. The molecule has 0 saturated carbocycles. The zero-order valence-electron chi connectivity index (χ0n) is 15.8. The van der Waals surface area contributed by atoms with Crippen LogP contribution in [0.15, 0.2) is 48.5 Å². The number of anilines is 1. The van der Waals surface area contributed by atoms with Crippen molar-refractivity contribution in [2.45, 2.75) is 6.10 Å². The molecule has 1 saturated heterocycles. The first kappa shape index (κ1) is 18.4. The summed E-state index contributed by atoms with van der Waals surface area (Å²) in [7, 11) is 0. The summed E-state index contributed by atoms with van der Waals surface area (Å²) in [5, 5.41) is 12.4. The second kappa shape index (κ2) is 8.39. The summed E-state index contributed by atoms with van der Waals surface area (Å²) < 4.78 is 11.5. The van der Waals surface area contributed by atoms with Gasteiger partial charge in [0.2, 0.25) is 0 Å². The van der Waals surface area contributed by atoms with Crippen molar-refractivity contribution in [3.63, 3.8) is 0 Å². The van der Waals surface area contributed by atoms with Crippen molar-refractivity contribution in [1.29, 1.82) is 0 Å². The van der Waals surface area contributed by atoms with Crippen molar-refractivity contribution in [2.75, 3.05) is 50.8 Å². The van der Waals surface area contributed by atoms with Crippen LogP contribution in [0.25, 0.3) is 0 Å². The Bertz CT molecular complexity index is 804. The number of hydrogen-bond donors (Lipinski definition) is 3. The van der Waals surface area contributed by atoms with E-state index < -0.39 is 0 Å². The number of amides is 1. The lowest BCUT2D eigenvalue weighted by molar-refractivity contribution is -0.892. The van der Waals surface area contributed by atoms with Gasteiger partial charge in [0.25, 0.3) is 5.91 Å². The van der Waals surface area contributed by atoms with Crippen molar-refractivity contribution in [3.8, 4) is 17.2 Å². The molecule has 7 nitrogen and oxygen atoms in total. The van der Waals surface area contributed by atoms with Crippen molar-refractivity contribution < 1.29 is 24.3 Å². The van der Waals surface area contributed by atoms with Crippen LogP contribution in [0.5, 0.6) is 17.2 Å². The molecule has 1 atom stereocenters. The predicted octanol–water partition coefficient (Wildman–Crippen LogP) is 0.0533. The van der Waals surface area contributed by atoms with E-state index in [2.05, 4.69) is 10.2 Å². The molecule has 2 aromatic rings. The summed E-state index contributed by atoms with van der Waals surface area (Å²) in [4.78, 5) is 15.9. The minimum Gasteiger partial charge on any atom is -0.508 e. The second-order valence-electron chi connectivity index (χ2n) is 7.23. The van der Waals surface area contributed by atoms with Crippen LogP contribution < -0.4 is 24.6 Å². The van der Waals surface area contributed by atoms with Crippen molar-refractivity contribution in [3.05, 3.63) is 48.5 Å². The third-order valence-electron chi connectivity index (χ3n) is 5.19. The Hall–Kier alpha value is -2.93. The lowest BCUT2D eigenvalue weighted by Crippen LogP contribution is -3.16. The Morgan fingerprint density at radius 2 is 1.82 bits per heavy atom. The SMILES string of the molecule is O=C(C[NH+]1CCN(c2ccc(O)cc2)CC1)NC[C@@H]1COc2ccccc2O1. The minimum atomic E-state index is -0.166. The molecule has 0 spiro atoms. The molecule has 0 radical (unpaired) electrons. The summed E-state index contributed by atoms with van der Waals surface area (Å²) in [5.74, 6) is 1.79. The predicted molar refractivity (Wildman–Crippen MR) is 105 cm³/mol. The van der Waals surface area contributed by atoms with E-state index in [1.807, 2.05) is 36.4 Å². The van der Waals surface area contributed by atoms with Crippen molar-refractivity contribution >= 4 is 11.6 Å². The molecular formula is C21H26N3O4+. The number of ether oxygens (including phenoxy) is 2. The first-order valence-electron chi connectivity index (χ1n) is 9.70. The fourth-order valence-electron chi connectivity index (χ4n) is 3.60. The van der Waals surface area contributed by atoms with Gasteiger partial charge in [-0.05, 0) is 36.4 Å². The number of quaternary nitrogens is 1. The quantitative estimate of drug-likeness (QED) is 0.680. The van der Waals surface area contributed by atoms with Gasteiger partial charge in [0, 0.05) is 5.69 Å². The minimum absolute atomic E-state index is 0.0375. The van der Waals surface area contributed by atoms with Crippen molar-refractivity contribution in [2.24, 2.45) is 0 Å². The monoisotopic (exact) mass is 384 g/mol. The maximum absolute atomic E-state index is 12.3. The van der Waals surface area contributed by atoms with E-state index in [-0.39, 0.29) is 17.8 Å². The van der Waals surface area contributed by atoms with Crippen LogP contribution in [-0.2, 0) is 4.79 Å². The Kier molecular flexibility index (Phi) is 5.53. The van der Waals surface area contributed by atoms with Gasteiger partial charge in [-0.3, -0.25) is 4.79 Å². The number of nitrogens with one attached hydrogen (secondary N) is 2. The maximum Gasteiger partial charge on any atom is 0.275 e. The first-order valence-corrected chi connectivity index (χ1v) is 9.70. The van der Waals surface area contributed by atoms with E-state index in [9.17, 15) is 9.90 Å². The molecule has 1 amide bonds. The molecule has 4 rings (SSSR count). The molecule has 2 aromatic carbocycles. The number of hydrogen-bond acceptors (Lipinski definition) is 5. The molecule has 0 aliphatic carbocycles. The van der Waals surface area contributed by atoms with Gasteiger partial charge < -0.3 is 29.7 Å². The molecule has 148 valence electrons. The lowest BCUT2D eigenvalue weighted by Gasteiger charge is -2.33. The molecule has 0 bridgehead atoms. The Morgan fingerprint density at radius 3 is 2.57 bits per heavy atom. The number of fused-ring (bicyclic) bond motifs is 1. The number of para-hydroxylation sites is 2. The van der Waals surface area contributed by atoms with Crippen LogP contribution in [0.4, 0.5) is 5.69 Å². The van der Waals surface area contributed by atoms with Crippen molar-refractivity contribution in [1.82, 2.24) is 5.32 Å². The van der Waals surface area contributed by atoms with Gasteiger partial charge >= 0.3 is 0 Å². The molecule has 3 N–H and O–H groups in total. The van der Waals surface area contributed by atoms with Gasteiger partial charge in [0.05, 0.1) is 32.7 Å². The molecule has 2 heterocycles. The number of aromatic hydroxyl groups is 1. The summed E-state index contributed by atoms with van der Waals surface area (Å²) in [6.45, 7) is 4.95. The van der Waals surface area contributed by atoms with Gasteiger partial charge in [-0.1, -0.05) is 12.1 Å². The Labute approximate surface area is 164 Å². The van der Waals surface area contributed by atoms with E-state index in [1.54, 1.807) is 12.1 Å². The summed E-state index contributed by atoms with van der Waals surface area (Å²) in [5.41, 5.74) is 1.11. The molecule has 1 fully saturated rings. The zero-order chi connectivity index (χ0) is 19.3. The highest BCUT2D eigenvalue weighted by molar-refractivity contribution is 5.76. The van der Waals surface area contributed by atoms with E-state index in [4.69, 9.17) is 9.47 Å². The number of carbonyl (C=O) groups is 1. The smallest absolute Gasteiger partial charge is 0.275 e. The second-order valence-corrected chi connectivity index (χ2v) is 7.23. The molecule has 0 unspecified atom stereocenters. The molecule has 2 aliphatic rings. The Morgan fingerprint density at radius 1 is 1.11 bits per heavy atom. The molecular weight excluding hydrogens is 358 g/mol. The average molecular weight is 384 g/mol. The van der Waals surface area contributed by atoms with Crippen LogP contribution in [0, 0.1) is 0 Å². The number of carbonyl (C=O) groups excluding carboxylic acids is 1. The maximum atomic E-state index is 12.3. The van der Waals surface area contributed by atoms with E-state index in [0.717, 1.165) is 43.4 Å². The van der Waals surface area contributed by atoms with Crippen LogP contribution in [0.3, 0.4) is 0 Å². The zero-order valence-corrected chi connectivity index (χ0v) is 15.8. The van der Waals surface area contributed by atoms with Crippen LogP contribution in [0.1, 0.15) is 0 Å². The van der Waals surface area contributed by atoms with E-state index >= 15 is 0 Å². The summed E-state index contributed by atoms with van der Waals surface area (Å²) in [6, 6.07) is 14.8. The normalized spacial score (nSPS) is 19.3. The van der Waals surface area contributed by atoms with Crippen LogP contribution in [-0.4, -0.2) is 63.0 Å². The molecule has 2 aliphatic heterocycles. The average Bonchev–Trinajstić information content (AvgIpc) is 2.73. The number of rotatable bonds is 5. The van der Waals surface area contributed by atoms with Gasteiger partial charge in [-0.2, -0.15) is 0 Å². The Balaban J connectivity index is 1.19.